The summed E-state index contributed by atoms with van der Waals surface area (Å²) in [5.41, 5.74) is 1.52. The van der Waals surface area contributed by atoms with E-state index in [9.17, 15) is 23.2 Å². The SMILES string of the molecule is CCN(CC)CCCCC1CC(c2ccc(C(F)(F)F)cc2)Cc2c1c(=O)c1cc(Cl)ccc1n2O. The summed E-state index contributed by atoms with van der Waals surface area (Å²) in [6.07, 6.45) is -0.695. The van der Waals surface area contributed by atoms with Gasteiger partial charge in [0, 0.05) is 10.6 Å². The van der Waals surface area contributed by atoms with Crippen LogP contribution in [-0.4, -0.2) is 34.5 Å². The van der Waals surface area contributed by atoms with Gasteiger partial charge >= 0.3 is 6.18 Å². The van der Waals surface area contributed by atoms with Gasteiger partial charge in [0.1, 0.15) is 0 Å². The Morgan fingerprint density at radius 3 is 2.42 bits per heavy atom. The van der Waals surface area contributed by atoms with Gasteiger partial charge in [-0.3, -0.25) is 4.79 Å². The maximum absolute atomic E-state index is 13.6. The zero-order valence-corrected chi connectivity index (χ0v) is 21.4. The van der Waals surface area contributed by atoms with Crippen LogP contribution in [0.1, 0.15) is 73.8 Å². The quantitative estimate of drug-likeness (QED) is 0.251. The van der Waals surface area contributed by atoms with Crippen LogP contribution in [0.3, 0.4) is 0 Å². The number of halogens is 4. The smallest absolute Gasteiger partial charge is 0.416 e. The fraction of sp³-hybridized carbons (Fsp3) is 0.464. The molecular formula is C28H32ClF3N2O2. The van der Waals surface area contributed by atoms with Crippen molar-refractivity contribution in [2.45, 2.75) is 64.0 Å². The third-order valence-corrected chi connectivity index (χ3v) is 7.78. The molecule has 8 heteroatoms. The molecule has 4 nitrogen and oxygen atoms in total. The second kappa shape index (κ2) is 10.9. The predicted octanol–water partition coefficient (Wildman–Crippen LogP) is 7.24. The van der Waals surface area contributed by atoms with Crippen LogP contribution >= 0.6 is 11.6 Å². The predicted molar refractivity (Wildman–Crippen MR) is 137 cm³/mol. The number of hydrogen-bond acceptors (Lipinski definition) is 3. The first-order chi connectivity index (χ1) is 17.1. The van der Waals surface area contributed by atoms with Gasteiger partial charge in [-0.25, -0.2) is 0 Å². The third-order valence-electron chi connectivity index (χ3n) is 7.54. The van der Waals surface area contributed by atoms with Gasteiger partial charge in [0.25, 0.3) is 0 Å². The monoisotopic (exact) mass is 520 g/mol. The van der Waals surface area contributed by atoms with Crippen molar-refractivity contribution in [2.24, 2.45) is 0 Å². The molecule has 1 heterocycles. The average Bonchev–Trinajstić information content (AvgIpc) is 2.86. The van der Waals surface area contributed by atoms with Crippen molar-refractivity contribution in [3.8, 4) is 0 Å². The molecule has 2 aromatic carbocycles. The molecule has 0 saturated carbocycles. The highest BCUT2D eigenvalue weighted by Crippen LogP contribution is 2.42. The van der Waals surface area contributed by atoms with Crippen LogP contribution in [0.4, 0.5) is 13.2 Å². The second-order valence-corrected chi connectivity index (χ2v) is 10.1. The van der Waals surface area contributed by atoms with Gasteiger partial charge in [-0.15, -0.1) is 0 Å². The Morgan fingerprint density at radius 2 is 1.78 bits per heavy atom. The Labute approximate surface area is 214 Å². The number of aromatic nitrogens is 1. The number of nitrogens with zero attached hydrogens (tertiary/aromatic N) is 2. The van der Waals surface area contributed by atoms with Gasteiger partial charge in [-0.2, -0.15) is 17.9 Å². The third kappa shape index (κ3) is 5.42. The lowest BCUT2D eigenvalue weighted by Crippen LogP contribution is -2.29. The number of alkyl halides is 3. The van der Waals surface area contributed by atoms with Gasteiger partial charge in [0.15, 0.2) is 5.43 Å². The molecule has 36 heavy (non-hydrogen) atoms. The summed E-state index contributed by atoms with van der Waals surface area (Å²) in [6.45, 7) is 7.22. The highest BCUT2D eigenvalue weighted by molar-refractivity contribution is 6.31. The van der Waals surface area contributed by atoms with Gasteiger partial charge in [-0.1, -0.05) is 44.0 Å². The summed E-state index contributed by atoms with van der Waals surface area (Å²) in [5.74, 6) is -0.206. The Bertz CT molecular complexity index is 1270. The minimum Gasteiger partial charge on any atom is -0.428 e. The highest BCUT2D eigenvalue weighted by Gasteiger charge is 2.34. The fourth-order valence-corrected chi connectivity index (χ4v) is 5.70. The molecule has 0 radical (unpaired) electrons. The lowest BCUT2D eigenvalue weighted by Gasteiger charge is -2.33. The molecule has 2 unspecified atom stereocenters. The van der Waals surface area contributed by atoms with E-state index in [2.05, 4.69) is 18.7 Å². The Balaban J connectivity index is 1.70. The molecule has 1 aliphatic rings. The van der Waals surface area contributed by atoms with E-state index in [1.807, 2.05) is 0 Å². The number of pyridine rings is 1. The van der Waals surface area contributed by atoms with Crippen LogP contribution in [0.5, 0.6) is 0 Å². The molecule has 0 fully saturated rings. The largest absolute Gasteiger partial charge is 0.428 e. The highest BCUT2D eigenvalue weighted by atomic mass is 35.5. The van der Waals surface area contributed by atoms with E-state index < -0.39 is 11.7 Å². The summed E-state index contributed by atoms with van der Waals surface area (Å²) in [4.78, 5) is 16.0. The maximum atomic E-state index is 13.6. The molecule has 1 aromatic heterocycles. The van der Waals surface area contributed by atoms with Crippen molar-refractivity contribution in [1.82, 2.24) is 9.63 Å². The molecule has 3 aromatic rings. The minimum atomic E-state index is -4.39. The fourth-order valence-electron chi connectivity index (χ4n) is 5.53. The van der Waals surface area contributed by atoms with E-state index in [0.717, 1.165) is 61.3 Å². The Morgan fingerprint density at radius 1 is 1.08 bits per heavy atom. The molecular weight excluding hydrogens is 489 g/mol. The van der Waals surface area contributed by atoms with Gasteiger partial charge in [0.05, 0.1) is 22.2 Å². The van der Waals surface area contributed by atoms with Crippen molar-refractivity contribution < 1.29 is 18.4 Å². The molecule has 0 amide bonds. The van der Waals surface area contributed by atoms with E-state index in [1.54, 1.807) is 18.2 Å². The molecule has 194 valence electrons. The van der Waals surface area contributed by atoms with Gasteiger partial charge in [0.2, 0.25) is 0 Å². The molecule has 0 saturated heterocycles. The summed E-state index contributed by atoms with van der Waals surface area (Å²) in [7, 11) is 0. The molecule has 1 N–H and O–H groups in total. The molecule has 1 aliphatic carbocycles. The molecule has 0 bridgehead atoms. The van der Waals surface area contributed by atoms with Crippen LogP contribution in [0.15, 0.2) is 47.3 Å². The maximum Gasteiger partial charge on any atom is 0.416 e. The second-order valence-electron chi connectivity index (χ2n) is 9.64. The van der Waals surface area contributed by atoms with Crippen molar-refractivity contribution in [1.29, 1.82) is 0 Å². The zero-order valence-electron chi connectivity index (χ0n) is 20.6. The Kier molecular flexibility index (Phi) is 8.00. The zero-order chi connectivity index (χ0) is 26.0. The van der Waals surface area contributed by atoms with Gasteiger partial charge in [-0.05, 0) is 93.0 Å². The first-order valence-electron chi connectivity index (χ1n) is 12.6. The minimum absolute atomic E-state index is 0.102. The number of fused-ring (bicyclic) bond motifs is 2. The summed E-state index contributed by atoms with van der Waals surface area (Å²) >= 11 is 6.16. The normalized spacial score (nSPS) is 18.1. The van der Waals surface area contributed by atoms with E-state index in [4.69, 9.17) is 11.6 Å². The van der Waals surface area contributed by atoms with Crippen molar-refractivity contribution in [2.75, 3.05) is 19.6 Å². The van der Waals surface area contributed by atoms with E-state index in [1.165, 1.54) is 12.1 Å². The number of hydrogen-bond donors (Lipinski definition) is 1. The average molecular weight is 521 g/mol. The van der Waals surface area contributed by atoms with E-state index in [0.29, 0.717) is 40.0 Å². The lowest BCUT2D eigenvalue weighted by atomic mass is 9.73. The summed E-state index contributed by atoms with van der Waals surface area (Å²) in [6, 6.07) is 10.1. The van der Waals surface area contributed by atoms with Crippen molar-refractivity contribution >= 4 is 22.5 Å². The van der Waals surface area contributed by atoms with Crippen molar-refractivity contribution in [3.05, 3.63) is 80.1 Å². The standard InChI is InChI=1S/C28H32ClF3N2O2/c1-3-33(4-2)14-6-5-7-19-15-20(18-8-10-21(11-9-18)28(30,31)32)16-25-26(19)27(35)23-17-22(29)12-13-24(23)34(25)36/h8-13,17,19-20,36H,3-7,14-16H2,1-2H3. The van der Waals surface area contributed by atoms with Gasteiger partial charge < -0.3 is 10.1 Å². The van der Waals surface area contributed by atoms with Crippen LogP contribution in [0.2, 0.25) is 5.02 Å². The summed E-state index contributed by atoms with van der Waals surface area (Å²) < 4.78 is 40.4. The first kappa shape index (κ1) is 26.6. The number of rotatable bonds is 8. The first-order valence-corrected chi connectivity index (χ1v) is 13.0. The number of unbranched alkanes of at least 4 members (excludes halogenated alkanes) is 1. The Hall–Kier alpha value is -2.51. The lowest BCUT2D eigenvalue weighted by molar-refractivity contribution is -0.137. The number of benzene rings is 2. The molecule has 2 atom stereocenters. The van der Waals surface area contributed by atoms with E-state index in [-0.39, 0.29) is 17.3 Å². The van der Waals surface area contributed by atoms with Crippen LogP contribution < -0.4 is 5.43 Å². The molecule has 0 aliphatic heterocycles. The summed E-state index contributed by atoms with van der Waals surface area (Å²) in [5, 5.41) is 11.9. The van der Waals surface area contributed by atoms with E-state index >= 15 is 0 Å². The van der Waals surface area contributed by atoms with Crippen LogP contribution in [0, 0.1) is 0 Å². The van der Waals surface area contributed by atoms with Crippen LogP contribution in [-0.2, 0) is 12.6 Å². The topological polar surface area (TPSA) is 45.5 Å². The molecule has 4 rings (SSSR count). The van der Waals surface area contributed by atoms with Crippen molar-refractivity contribution in [3.63, 3.8) is 0 Å². The van der Waals surface area contributed by atoms with Crippen LogP contribution in [0.25, 0.3) is 10.9 Å². The molecule has 0 spiro atoms.